The van der Waals surface area contributed by atoms with Crippen molar-refractivity contribution in [3.05, 3.63) is 23.9 Å². The van der Waals surface area contributed by atoms with Crippen molar-refractivity contribution < 1.29 is 0 Å². The highest BCUT2D eigenvalue weighted by Gasteiger charge is 2.22. The summed E-state index contributed by atoms with van der Waals surface area (Å²) in [6.07, 6.45) is 3.17. The molecule has 0 aromatic carbocycles. The number of halogens is 1. The lowest BCUT2D eigenvalue weighted by Gasteiger charge is -2.17. The molecule has 1 atom stereocenters. The first-order chi connectivity index (χ1) is 6.79. The summed E-state index contributed by atoms with van der Waals surface area (Å²) in [5.74, 6) is 1.92. The van der Waals surface area contributed by atoms with Gasteiger partial charge in [0.25, 0.3) is 0 Å². The second-order valence-corrected chi connectivity index (χ2v) is 4.59. The predicted molar refractivity (Wildman–Crippen MR) is 63.1 cm³/mol. The van der Waals surface area contributed by atoms with Crippen molar-refractivity contribution in [2.45, 2.75) is 13.3 Å². The van der Waals surface area contributed by atoms with Gasteiger partial charge in [-0.05, 0) is 37.0 Å². The van der Waals surface area contributed by atoms with Crippen molar-refractivity contribution in [3.8, 4) is 0 Å². The number of hydrogen-bond donors (Lipinski definition) is 0. The quantitative estimate of drug-likeness (QED) is 0.755. The Morgan fingerprint density at radius 1 is 1.64 bits per heavy atom. The highest BCUT2D eigenvalue weighted by Crippen LogP contribution is 2.23. The van der Waals surface area contributed by atoms with Crippen LogP contribution in [0.2, 0.25) is 0 Å². The Labute approximate surface area is 93.5 Å². The number of aryl methyl sites for hydroxylation is 1. The molecule has 0 aliphatic carbocycles. The van der Waals surface area contributed by atoms with Gasteiger partial charge in [-0.15, -0.1) is 0 Å². The molecule has 14 heavy (non-hydrogen) atoms. The van der Waals surface area contributed by atoms with Gasteiger partial charge in [0, 0.05) is 24.6 Å². The predicted octanol–water partition coefficient (Wildman–Crippen LogP) is 2.61. The van der Waals surface area contributed by atoms with Crippen molar-refractivity contribution in [2.24, 2.45) is 5.92 Å². The second-order valence-electron chi connectivity index (χ2n) is 3.95. The first kappa shape index (κ1) is 9.97. The maximum Gasteiger partial charge on any atom is 0.128 e. The number of pyridine rings is 1. The zero-order valence-corrected chi connectivity index (χ0v) is 10.00. The normalized spacial score (nSPS) is 21.6. The number of nitrogens with zero attached hydrogens (tertiary/aromatic N) is 2. The van der Waals surface area contributed by atoms with E-state index < -0.39 is 0 Å². The average molecular weight is 255 g/mol. The lowest BCUT2D eigenvalue weighted by atomic mass is 10.2. The molecule has 0 N–H and O–H groups in total. The molecule has 0 spiro atoms. The standard InChI is InChI=1S/C11H15BrN2/c1-9-2-4-13-11(6-9)14-5-3-10(7-12)8-14/h2,4,6,10H,3,5,7-8H2,1H3. The molecule has 1 aliphatic rings. The molecular weight excluding hydrogens is 240 g/mol. The van der Waals surface area contributed by atoms with Crippen LogP contribution < -0.4 is 4.90 Å². The van der Waals surface area contributed by atoms with E-state index in [1.54, 1.807) is 0 Å². The summed E-state index contributed by atoms with van der Waals surface area (Å²) < 4.78 is 0. The van der Waals surface area contributed by atoms with Crippen LogP contribution in [0.1, 0.15) is 12.0 Å². The summed E-state index contributed by atoms with van der Waals surface area (Å²) in [4.78, 5) is 6.77. The number of hydrogen-bond acceptors (Lipinski definition) is 2. The maximum atomic E-state index is 4.40. The van der Waals surface area contributed by atoms with Crippen LogP contribution in [-0.4, -0.2) is 23.4 Å². The molecule has 0 saturated carbocycles. The van der Waals surface area contributed by atoms with E-state index in [2.05, 4.69) is 38.8 Å². The summed E-state index contributed by atoms with van der Waals surface area (Å²) in [6, 6.07) is 4.21. The van der Waals surface area contributed by atoms with Gasteiger partial charge in [-0.1, -0.05) is 15.9 Å². The average Bonchev–Trinajstić information content (AvgIpc) is 2.66. The number of rotatable bonds is 2. The highest BCUT2D eigenvalue weighted by atomic mass is 79.9. The third-order valence-corrected chi connectivity index (χ3v) is 3.64. The van der Waals surface area contributed by atoms with Gasteiger partial charge in [0.2, 0.25) is 0 Å². The van der Waals surface area contributed by atoms with E-state index in [1.165, 1.54) is 12.0 Å². The molecule has 0 radical (unpaired) electrons. The molecule has 0 bridgehead atoms. The minimum absolute atomic E-state index is 0.789. The number of alkyl halides is 1. The van der Waals surface area contributed by atoms with Gasteiger partial charge in [0.1, 0.15) is 5.82 Å². The Morgan fingerprint density at radius 3 is 3.14 bits per heavy atom. The SMILES string of the molecule is Cc1ccnc(N2CCC(CBr)C2)c1. The van der Waals surface area contributed by atoms with Gasteiger partial charge in [-0.25, -0.2) is 4.98 Å². The first-order valence-electron chi connectivity index (χ1n) is 5.03. The van der Waals surface area contributed by atoms with Crippen molar-refractivity contribution >= 4 is 21.7 Å². The fourth-order valence-electron chi connectivity index (χ4n) is 1.86. The Balaban J connectivity index is 2.09. The van der Waals surface area contributed by atoms with Crippen molar-refractivity contribution in [2.75, 3.05) is 23.3 Å². The van der Waals surface area contributed by atoms with Crippen LogP contribution >= 0.6 is 15.9 Å². The minimum Gasteiger partial charge on any atom is -0.356 e. The number of anilines is 1. The lowest BCUT2D eigenvalue weighted by Crippen LogP contribution is -2.21. The fourth-order valence-corrected chi connectivity index (χ4v) is 2.39. The van der Waals surface area contributed by atoms with Crippen LogP contribution in [0.4, 0.5) is 5.82 Å². The van der Waals surface area contributed by atoms with E-state index in [4.69, 9.17) is 0 Å². The van der Waals surface area contributed by atoms with E-state index in [0.29, 0.717) is 0 Å². The maximum absolute atomic E-state index is 4.40. The van der Waals surface area contributed by atoms with Gasteiger partial charge in [0.05, 0.1) is 0 Å². The van der Waals surface area contributed by atoms with Crippen LogP contribution in [0.5, 0.6) is 0 Å². The third-order valence-electron chi connectivity index (χ3n) is 2.73. The Kier molecular flexibility index (Phi) is 3.06. The zero-order chi connectivity index (χ0) is 9.97. The van der Waals surface area contributed by atoms with Crippen LogP contribution in [0.25, 0.3) is 0 Å². The highest BCUT2D eigenvalue weighted by molar-refractivity contribution is 9.09. The minimum atomic E-state index is 0.789. The molecule has 2 rings (SSSR count). The van der Waals surface area contributed by atoms with E-state index in [9.17, 15) is 0 Å². The number of aromatic nitrogens is 1. The fraction of sp³-hybridized carbons (Fsp3) is 0.545. The summed E-state index contributed by atoms with van der Waals surface area (Å²) in [6.45, 7) is 4.40. The van der Waals surface area contributed by atoms with E-state index >= 15 is 0 Å². The van der Waals surface area contributed by atoms with Crippen molar-refractivity contribution in [1.29, 1.82) is 0 Å². The van der Waals surface area contributed by atoms with Crippen LogP contribution in [0.15, 0.2) is 18.3 Å². The summed E-state index contributed by atoms with van der Waals surface area (Å²) in [5.41, 5.74) is 1.29. The van der Waals surface area contributed by atoms with Gasteiger partial charge in [-0.2, -0.15) is 0 Å². The zero-order valence-electron chi connectivity index (χ0n) is 8.41. The van der Waals surface area contributed by atoms with Gasteiger partial charge >= 0.3 is 0 Å². The Hall–Kier alpha value is -0.570. The molecule has 1 saturated heterocycles. The van der Waals surface area contributed by atoms with Crippen molar-refractivity contribution in [3.63, 3.8) is 0 Å². The molecule has 3 heteroatoms. The Morgan fingerprint density at radius 2 is 2.50 bits per heavy atom. The topological polar surface area (TPSA) is 16.1 Å². The molecule has 2 nitrogen and oxygen atoms in total. The molecular formula is C11H15BrN2. The summed E-state index contributed by atoms with van der Waals surface area (Å²) >= 11 is 3.54. The molecule has 76 valence electrons. The van der Waals surface area contributed by atoms with Gasteiger partial charge in [0.15, 0.2) is 0 Å². The van der Waals surface area contributed by atoms with Gasteiger partial charge < -0.3 is 4.90 Å². The van der Waals surface area contributed by atoms with Crippen LogP contribution in [0.3, 0.4) is 0 Å². The monoisotopic (exact) mass is 254 g/mol. The molecule has 0 amide bonds. The van der Waals surface area contributed by atoms with Crippen molar-refractivity contribution in [1.82, 2.24) is 4.98 Å². The summed E-state index contributed by atoms with van der Waals surface area (Å²) in [7, 11) is 0. The third kappa shape index (κ3) is 2.08. The molecule has 1 aliphatic heterocycles. The Bertz CT molecular complexity index is 314. The molecule has 2 heterocycles. The van der Waals surface area contributed by atoms with Crippen LogP contribution in [0, 0.1) is 12.8 Å². The molecule has 1 unspecified atom stereocenters. The molecule has 1 fully saturated rings. The largest absolute Gasteiger partial charge is 0.356 e. The smallest absolute Gasteiger partial charge is 0.128 e. The molecule has 1 aromatic heterocycles. The second kappa shape index (κ2) is 4.30. The lowest BCUT2D eigenvalue weighted by molar-refractivity contribution is 0.675. The van der Waals surface area contributed by atoms with Gasteiger partial charge in [-0.3, -0.25) is 0 Å². The summed E-state index contributed by atoms with van der Waals surface area (Å²) in [5, 5.41) is 1.11. The van der Waals surface area contributed by atoms with E-state index in [-0.39, 0.29) is 0 Å². The van der Waals surface area contributed by atoms with Crippen LogP contribution in [-0.2, 0) is 0 Å². The van der Waals surface area contributed by atoms with E-state index in [0.717, 1.165) is 30.2 Å². The van der Waals surface area contributed by atoms with E-state index in [1.807, 2.05) is 12.3 Å². The first-order valence-corrected chi connectivity index (χ1v) is 6.15. The molecule has 1 aromatic rings.